The number of fused-ring (bicyclic) bond motifs is 1. The number of rotatable bonds is 8. The van der Waals surface area contributed by atoms with Crippen LogP contribution in [0.1, 0.15) is 42.6 Å². The number of halogens is 1. The van der Waals surface area contributed by atoms with Gasteiger partial charge in [0.2, 0.25) is 0 Å². The van der Waals surface area contributed by atoms with Crippen molar-refractivity contribution in [1.82, 2.24) is 19.0 Å². The van der Waals surface area contributed by atoms with Gasteiger partial charge in [-0.05, 0) is 43.5 Å². The molecule has 1 fully saturated rings. The maximum Gasteiger partial charge on any atom is 0.254 e. The SMILES string of the molecule is C#CCn1c(-c2cc3cccc4c3n2C(CC)CN4CCCO)nc2cc(C(=O)N3C[C@H](N)C[C@@H](F)C3)cc(OC)c21. The highest BCUT2D eigenvalue weighted by atomic mass is 19.1. The van der Waals surface area contributed by atoms with E-state index >= 15 is 0 Å². The Morgan fingerprint density at radius 3 is 2.79 bits per heavy atom. The monoisotopic (exact) mass is 572 g/mol. The number of aliphatic hydroxyl groups is 1. The number of hydrogen-bond donors (Lipinski definition) is 2. The van der Waals surface area contributed by atoms with Crippen LogP contribution in [0.5, 0.6) is 5.75 Å². The van der Waals surface area contributed by atoms with Crippen LogP contribution in [-0.2, 0) is 6.54 Å². The van der Waals surface area contributed by atoms with Gasteiger partial charge in [-0.15, -0.1) is 6.42 Å². The number of nitrogens with zero attached hydrogens (tertiary/aromatic N) is 5. The van der Waals surface area contributed by atoms with Gasteiger partial charge >= 0.3 is 0 Å². The van der Waals surface area contributed by atoms with Crippen LogP contribution in [0, 0.1) is 12.3 Å². The fourth-order valence-corrected chi connectivity index (χ4v) is 6.66. The van der Waals surface area contributed by atoms with Crippen LogP contribution in [0.3, 0.4) is 0 Å². The number of methoxy groups -OCH3 is 1. The molecule has 2 aliphatic heterocycles. The lowest BCUT2D eigenvalue weighted by molar-refractivity contribution is 0.0606. The summed E-state index contributed by atoms with van der Waals surface area (Å²) in [6.45, 7) is 4.49. The van der Waals surface area contributed by atoms with Gasteiger partial charge in [0, 0.05) is 43.2 Å². The number of aromatic nitrogens is 3. The summed E-state index contributed by atoms with van der Waals surface area (Å²) in [5.41, 5.74) is 10.9. The van der Waals surface area contributed by atoms with E-state index in [1.54, 1.807) is 19.2 Å². The second-order valence-electron chi connectivity index (χ2n) is 11.3. The number of imidazole rings is 1. The standard InChI is InChI=1S/C32H37FN6O3/c1-4-10-38-30-25(13-21(15-28(30)42-3)32(41)37-17-22(33)16-23(34)18-37)35-31(38)27-14-20-8-6-9-26-29(20)39(27)24(5-2)19-36(26)11-7-12-40/h1,6,8-9,13-15,22-24,40H,5,7,10-12,16-19,34H2,2-3H3/t22-,23-,24?/m1/s1. The first kappa shape index (κ1) is 28.1. The summed E-state index contributed by atoms with van der Waals surface area (Å²) < 4.78 is 24.4. The van der Waals surface area contributed by atoms with Crippen LogP contribution in [0.4, 0.5) is 10.1 Å². The van der Waals surface area contributed by atoms with Crippen molar-refractivity contribution in [1.29, 1.82) is 0 Å². The van der Waals surface area contributed by atoms with Crippen LogP contribution >= 0.6 is 0 Å². The summed E-state index contributed by atoms with van der Waals surface area (Å²) in [7, 11) is 1.56. The van der Waals surface area contributed by atoms with Crippen molar-refractivity contribution in [3.05, 3.63) is 42.0 Å². The summed E-state index contributed by atoms with van der Waals surface area (Å²) in [4.78, 5) is 22.4. The number of aliphatic hydroxyl groups excluding tert-OH is 1. The van der Waals surface area contributed by atoms with Gasteiger partial charge in [-0.25, -0.2) is 9.37 Å². The molecule has 0 radical (unpaired) electrons. The van der Waals surface area contributed by atoms with Gasteiger partial charge in [-0.1, -0.05) is 25.0 Å². The van der Waals surface area contributed by atoms with E-state index in [2.05, 4.69) is 46.6 Å². The molecule has 220 valence electrons. The number of carbonyl (C=O) groups excluding carboxylic acids is 1. The molecule has 9 nitrogen and oxygen atoms in total. The Bertz CT molecular complexity index is 1680. The first-order chi connectivity index (χ1) is 20.4. The molecule has 10 heteroatoms. The Hall–Kier alpha value is -4.07. The number of hydrogen-bond acceptors (Lipinski definition) is 6. The molecular weight excluding hydrogens is 535 g/mol. The second kappa shape index (κ2) is 11.3. The molecule has 1 saturated heterocycles. The zero-order valence-electron chi connectivity index (χ0n) is 24.1. The number of para-hydroxylation sites is 1. The zero-order chi connectivity index (χ0) is 29.5. The number of piperidine rings is 1. The van der Waals surface area contributed by atoms with Crippen LogP contribution in [-0.4, -0.2) is 82.1 Å². The highest BCUT2D eigenvalue weighted by Gasteiger charge is 2.32. The summed E-state index contributed by atoms with van der Waals surface area (Å²) in [5.74, 6) is 3.63. The Kier molecular flexibility index (Phi) is 7.56. The number of likely N-dealkylation sites (tertiary alicyclic amines) is 1. The largest absolute Gasteiger partial charge is 0.494 e. The molecule has 1 unspecified atom stereocenters. The quantitative estimate of drug-likeness (QED) is 0.310. The molecule has 42 heavy (non-hydrogen) atoms. The van der Waals surface area contributed by atoms with E-state index in [1.165, 1.54) is 4.90 Å². The number of terminal acetylenes is 1. The van der Waals surface area contributed by atoms with Gasteiger partial charge < -0.3 is 34.5 Å². The summed E-state index contributed by atoms with van der Waals surface area (Å²) in [6, 6.07) is 11.6. The van der Waals surface area contributed by atoms with E-state index < -0.39 is 12.2 Å². The number of ether oxygens (including phenoxy) is 1. The molecule has 1 amide bonds. The molecule has 2 aromatic carbocycles. The first-order valence-electron chi connectivity index (χ1n) is 14.6. The van der Waals surface area contributed by atoms with Crippen molar-refractivity contribution >= 4 is 33.5 Å². The number of benzene rings is 2. The van der Waals surface area contributed by atoms with Gasteiger partial charge in [-0.2, -0.15) is 0 Å². The van der Waals surface area contributed by atoms with E-state index in [-0.39, 0.29) is 38.1 Å². The smallest absolute Gasteiger partial charge is 0.254 e. The number of anilines is 1. The Morgan fingerprint density at radius 2 is 2.07 bits per heavy atom. The molecule has 0 aliphatic carbocycles. The number of alkyl halides is 1. The minimum atomic E-state index is -1.15. The van der Waals surface area contributed by atoms with Gasteiger partial charge in [0.05, 0.1) is 48.7 Å². The average Bonchev–Trinajstić information content (AvgIpc) is 3.55. The summed E-state index contributed by atoms with van der Waals surface area (Å²) in [6.07, 6.45) is 6.58. The topological polar surface area (TPSA) is 102 Å². The van der Waals surface area contributed by atoms with Crippen molar-refractivity contribution in [2.24, 2.45) is 5.73 Å². The molecule has 3 N–H and O–H groups in total. The third-order valence-electron chi connectivity index (χ3n) is 8.50. The van der Waals surface area contributed by atoms with Crippen LogP contribution < -0.4 is 15.4 Å². The molecule has 6 rings (SSSR count). The van der Waals surface area contributed by atoms with Crippen molar-refractivity contribution in [2.75, 3.05) is 44.8 Å². The van der Waals surface area contributed by atoms with Crippen LogP contribution in [0.25, 0.3) is 33.5 Å². The molecule has 4 aromatic rings. The highest BCUT2D eigenvalue weighted by molar-refractivity contribution is 6.01. The Labute approximate surface area is 244 Å². The van der Waals surface area contributed by atoms with Crippen molar-refractivity contribution < 1.29 is 19.0 Å². The van der Waals surface area contributed by atoms with Gasteiger partial charge in [0.1, 0.15) is 17.4 Å². The minimum absolute atomic E-state index is 0.0137. The number of nitrogens with two attached hydrogens (primary N) is 1. The third kappa shape index (κ3) is 4.67. The third-order valence-corrected chi connectivity index (χ3v) is 8.50. The molecule has 2 aromatic heterocycles. The van der Waals surface area contributed by atoms with Gasteiger partial charge in [0.15, 0.2) is 5.82 Å². The van der Waals surface area contributed by atoms with Gasteiger partial charge in [0.25, 0.3) is 5.91 Å². The van der Waals surface area contributed by atoms with E-state index in [4.69, 9.17) is 21.9 Å². The fraction of sp³-hybridized carbons (Fsp3) is 0.438. The second-order valence-corrected chi connectivity index (χ2v) is 11.3. The summed E-state index contributed by atoms with van der Waals surface area (Å²) in [5, 5.41) is 10.6. The van der Waals surface area contributed by atoms with Crippen molar-refractivity contribution in [3.8, 4) is 29.6 Å². The van der Waals surface area contributed by atoms with Gasteiger partial charge in [-0.3, -0.25) is 4.79 Å². The van der Waals surface area contributed by atoms with E-state index in [1.807, 2.05) is 4.57 Å². The molecule has 3 atom stereocenters. The van der Waals surface area contributed by atoms with Crippen LogP contribution in [0.15, 0.2) is 36.4 Å². The van der Waals surface area contributed by atoms with Crippen molar-refractivity contribution in [2.45, 2.75) is 51.0 Å². The number of carbonyl (C=O) groups is 1. The fourth-order valence-electron chi connectivity index (χ4n) is 6.66. The molecule has 0 saturated carbocycles. The lowest BCUT2D eigenvalue weighted by atomic mass is 10.0. The first-order valence-corrected chi connectivity index (χ1v) is 14.6. The molecule has 0 spiro atoms. The van der Waals surface area contributed by atoms with E-state index in [9.17, 15) is 14.3 Å². The molecule has 0 bridgehead atoms. The number of amides is 1. The predicted octanol–water partition coefficient (Wildman–Crippen LogP) is 3.96. The Balaban J connectivity index is 1.52. The van der Waals surface area contributed by atoms with Crippen molar-refractivity contribution in [3.63, 3.8) is 0 Å². The summed E-state index contributed by atoms with van der Waals surface area (Å²) >= 11 is 0. The molecule has 2 aliphatic rings. The normalized spacial score (nSPS) is 20.3. The lowest BCUT2D eigenvalue weighted by Crippen LogP contribution is -2.50. The Morgan fingerprint density at radius 1 is 1.24 bits per heavy atom. The average molecular weight is 573 g/mol. The van der Waals surface area contributed by atoms with E-state index in [0.717, 1.165) is 41.8 Å². The molecular formula is C32H37FN6O3. The van der Waals surface area contributed by atoms with Crippen LogP contribution in [0.2, 0.25) is 0 Å². The predicted molar refractivity (Wildman–Crippen MR) is 163 cm³/mol. The molecule has 4 heterocycles. The lowest BCUT2D eigenvalue weighted by Gasteiger charge is -2.36. The maximum atomic E-state index is 14.3. The maximum absolute atomic E-state index is 14.3. The highest BCUT2D eigenvalue weighted by Crippen LogP contribution is 2.43. The zero-order valence-corrected chi connectivity index (χ0v) is 24.1. The van der Waals surface area contributed by atoms with E-state index in [0.29, 0.717) is 41.1 Å². The minimum Gasteiger partial charge on any atom is -0.494 e.